The molecular formula is C14H17BN3O3+. The lowest BCUT2D eigenvalue weighted by atomic mass is 9.63. The molecule has 3 saturated heterocycles. The summed E-state index contributed by atoms with van der Waals surface area (Å²) in [6.07, 6.45) is 4.02. The second kappa shape index (κ2) is 4.43. The van der Waals surface area contributed by atoms with Crippen molar-refractivity contribution >= 4 is 13.8 Å². The molecule has 2 radical (unpaired) electrons. The molecule has 2 unspecified atom stereocenters. The summed E-state index contributed by atoms with van der Waals surface area (Å²) in [5.74, 6) is 2.21. The summed E-state index contributed by atoms with van der Waals surface area (Å²) >= 11 is 0. The third-order valence-corrected chi connectivity index (χ3v) is 5.20. The molecule has 1 saturated carbocycles. The molecular weight excluding hydrogens is 269 g/mol. The lowest BCUT2D eigenvalue weighted by Gasteiger charge is -2.59. The van der Waals surface area contributed by atoms with Gasteiger partial charge in [-0.05, 0) is 28.8 Å². The quantitative estimate of drug-likeness (QED) is 0.477. The van der Waals surface area contributed by atoms with Crippen molar-refractivity contribution in [2.75, 3.05) is 19.6 Å². The number of nitro groups is 1. The Morgan fingerprint density at radius 2 is 2.00 bits per heavy atom. The Bertz CT molecular complexity index is 563. The second-order valence-corrected chi connectivity index (χ2v) is 6.82. The van der Waals surface area contributed by atoms with E-state index >= 15 is 0 Å². The van der Waals surface area contributed by atoms with Crippen LogP contribution in [0.15, 0.2) is 18.3 Å². The van der Waals surface area contributed by atoms with E-state index in [2.05, 4.69) is 4.98 Å². The zero-order valence-electron chi connectivity index (χ0n) is 11.7. The van der Waals surface area contributed by atoms with E-state index in [9.17, 15) is 10.1 Å². The van der Waals surface area contributed by atoms with Crippen LogP contribution in [0.4, 0.5) is 5.82 Å². The van der Waals surface area contributed by atoms with Crippen molar-refractivity contribution < 1.29 is 14.1 Å². The molecule has 1 aromatic rings. The topological polar surface area (TPSA) is 65.3 Å². The number of hydrogen-bond acceptors (Lipinski definition) is 4. The monoisotopic (exact) mass is 286 g/mol. The highest BCUT2D eigenvalue weighted by Crippen LogP contribution is 2.47. The van der Waals surface area contributed by atoms with Crippen LogP contribution in [-0.4, -0.2) is 48.0 Å². The number of rotatable bonds is 3. The van der Waals surface area contributed by atoms with Gasteiger partial charge >= 0.3 is 13.8 Å². The molecule has 0 N–H and O–H groups in total. The summed E-state index contributed by atoms with van der Waals surface area (Å²) in [6.45, 7) is 3.08. The molecule has 1 aromatic heterocycles. The van der Waals surface area contributed by atoms with Crippen LogP contribution in [-0.2, 0) is 0 Å². The zero-order chi connectivity index (χ0) is 14.6. The highest BCUT2D eigenvalue weighted by Gasteiger charge is 2.55. The summed E-state index contributed by atoms with van der Waals surface area (Å²) in [6, 6.07) is 3.04. The Kier molecular flexibility index (Phi) is 2.76. The first-order chi connectivity index (χ1) is 10.0. The molecule has 21 heavy (non-hydrogen) atoms. The summed E-state index contributed by atoms with van der Waals surface area (Å²) in [4.78, 5) is 13.9. The van der Waals surface area contributed by atoms with Gasteiger partial charge in [-0.3, -0.25) is 0 Å². The molecule has 4 fully saturated rings. The van der Waals surface area contributed by atoms with Crippen LogP contribution in [0.1, 0.15) is 12.8 Å². The van der Waals surface area contributed by atoms with Crippen molar-refractivity contribution in [1.29, 1.82) is 0 Å². The van der Waals surface area contributed by atoms with Gasteiger partial charge < -0.3 is 19.2 Å². The highest BCUT2D eigenvalue weighted by atomic mass is 16.6. The fraction of sp³-hybridized carbons (Fsp3) is 0.643. The van der Waals surface area contributed by atoms with Gasteiger partial charge in [0.15, 0.2) is 11.9 Å². The summed E-state index contributed by atoms with van der Waals surface area (Å²) < 4.78 is 6.83. The Morgan fingerprint density at radius 1 is 1.29 bits per heavy atom. The van der Waals surface area contributed by atoms with Gasteiger partial charge in [0.2, 0.25) is 0 Å². The largest absolute Gasteiger partial charge is 0.485 e. The fourth-order valence-corrected chi connectivity index (χ4v) is 4.68. The van der Waals surface area contributed by atoms with Crippen molar-refractivity contribution in [3.8, 4) is 5.75 Å². The van der Waals surface area contributed by atoms with Crippen molar-refractivity contribution in [3.63, 3.8) is 0 Å². The lowest BCUT2D eigenvalue weighted by molar-refractivity contribution is -0.852. The standard InChI is InChI=1S/C14H17BN3O3/c15-18-6-9-3-10(7-18)14(11(4-9)8-18)21-12-1-2-13(16-5-12)17(19)20/h1-2,5,9-11,14H,3-4,6-8H2/q+1. The molecule has 7 heteroatoms. The van der Waals surface area contributed by atoms with E-state index in [4.69, 9.17) is 12.7 Å². The van der Waals surface area contributed by atoms with E-state index in [1.807, 2.05) is 0 Å². The number of piperidine rings is 3. The Hall–Kier alpha value is -1.63. The van der Waals surface area contributed by atoms with Crippen LogP contribution in [0.5, 0.6) is 5.75 Å². The van der Waals surface area contributed by atoms with E-state index in [-0.39, 0.29) is 11.9 Å². The first-order valence-corrected chi connectivity index (χ1v) is 7.44. The second-order valence-electron chi connectivity index (χ2n) is 6.82. The number of nitrogens with zero attached hydrogens (tertiary/aromatic N) is 3. The summed E-state index contributed by atoms with van der Waals surface area (Å²) in [5, 5.41) is 10.6. The SMILES string of the molecule is [B][N+]12CC3CC(C1)C(Oc1ccc([N+](=O)[O-])nc1)C(C3)C2. The third-order valence-electron chi connectivity index (χ3n) is 5.20. The molecule has 6 nitrogen and oxygen atoms in total. The number of ether oxygens (including phenoxy) is 1. The predicted octanol–water partition coefficient (Wildman–Crippen LogP) is 1.31. The van der Waals surface area contributed by atoms with Crippen LogP contribution in [0.3, 0.4) is 0 Å². The molecule has 3 aliphatic heterocycles. The number of hydrogen-bond donors (Lipinski definition) is 0. The Morgan fingerprint density at radius 3 is 2.52 bits per heavy atom. The smallest absolute Gasteiger partial charge is 0.481 e. The molecule has 108 valence electrons. The van der Waals surface area contributed by atoms with Gasteiger partial charge in [-0.1, -0.05) is 0 Å². The minimum atomic E-state index is -0.498. The van der Waals surface area contributed by atoms with Crippen LogP contribution in [0.2, 0.25) is 0 Å². The summed E-state index contributed by atoms with van der Waals surface area (Å²) in [5.41, 5.74) is 0. The van der Waals surface area contributed by atoms with Gasteiger partial charge in [-0.15, -0.1) is 0 Å². The van der Waals surface area contributed by atoms with E-state index in [1.54, 1.807) is 6.07 Å². The predicted molar refractivity (Wildman–Crippen MR) is 75.6 cm³/mol. The van der Waals surface area contributed by atoms with Crippen molar-refractivity contribution in [2.24, 2.45) is 17.8 Å². The van der Waals surface area contributed by atoms with Crippen LogP contribution < -0.4 is 4.74 Å². The van der Waals surface area contributed by atoms with Crippen LogP contribution >= 0.6 is 0 Å². The van der Waals surface area contributed by atoms with Gasteiger partial charge in [-0.2, -0.15) is 0 Å². The Balaban J connectivity index is 1.51. The molecule has 4 bridgehead atoms. The van der Waals surface area contributed by atoms with E-state index in [1.165, 1.54) is 25.1 Å². The molecule has 4 heterocycles. The van der Waals surface area contributed by atoms with E-state index in [0.29, 0.717) is 22.0 Å². The number of pyridine rings is 1. The van der Waals surface area contributed by atoms with E-state index in [0.717, 1.165) is 25.6 Å². The maximum atomic E-state index is 10.6. The molecule has 0 aromatic carbocycles. The number of aromatic nitrogens is 1. The molecule has 5 rings (SSSR count). The first kappa shape index (κ1) is 13.1. The molecule has 2 atom stereocenters. The first-order valence-electron chi connectivity index (χ1n) is 7.44. The van der Waals surface area contributed by atoms with Gasteiger partial charge in [0.05, 0.1) is 19.6 Å². The number of quaternary nitrogens is 1. The average molecular weight is 286 g/mol. The maximum absolute atomic E-state index is 10.6. The minimum absolute atomic E-state index is 0.148. The van der Waals surface area contributed by atoms with Crippen molar-refractivity contribution in [1.82, 2.24) is 4.98 Å². The zero-order valence-corrected chi connectivity index (χ0v) is 11.7. The molecule has 4 aliphatic rings. The summed E-state index contributed by atoms with van der Waals surface area (Å²) in [7, 11) is 6.42. The highest BCUT2D eigenvalue weighted by molar-refractivity contribution is 5.97. The van der Waals surface area contributed by atoms with Gasteiger partial charge in [-0.25, -0.2) is 0 Å². The minimum Gasteiger partial charge on any atom is -0.485 e. The Labute approximate surface area is 124 Å². The fourth-order valence-electron chi connectivity index (χ4n) is 4.68. The maximum Gasteiger partial charge on any atom is 0.481 e. The third kappa shape index (κ3) is 2.20. The van der Waals surface area contributed by atoms with Crippen LogP contribution in [0.25, 0.3) is 0 Å². The molecule has 0 amide bonds. The molecule has 1 aliphatic carbocycles. The average Bonchev–Trinajstić information content (AvgIpc) is 2.41. The molecule has 0 spiro atoms. The lowest BCUT2D eigenvalue weighted by Crippen LogP contribution is -2.70. The van der Waals surface area contributed by atoms with Gasteiger partial charge in [0.25, 0.3) is 0 Å². The van der Waals surface area contributed by atoms with Crippen molar-refractivity contribution in [3.05, 3.63) is 28.4 Å². The van der Waals surface area contributed by atoms with Crippen molar-refractivity contribution in [2.45, 2.75) is 18.9 Å². The van der Waals surface area contributed by atoms with Gasteiger partial charge in [0.1, 0.15) is 6.10 Å². The van der Waals surface area contributed by atoms with Gasteiger partial charge in [0, 0.05) is 23.8 Å². The normalized spacial score (nSPS) is 40.2. The van der Waals surface area contributed by atoms with E-state index < -0.39 is 4.92 Å². The van der Waals surface area contributed by atoms with Crippen LogP contribution in [0, 0.1) is 27.9 Å².